The van der Waals surface area contributed by atoms with Crippen LogP contribution in [0.5, 0.6) is 5.75 Å². The average molecular weight is 643 g/mol. The summed E-state index contributed by atoms with van der Waals surface area (Å²) < 4.78 is 47.2. The van der Waals surface area contributed by atoms with Gasteiger partial charge < -0.3 is 24.0 Å². The lowest BCUT2D eigenvalue weighted by Gasteiger charge is -2.42. The second-order valence-corrected chi connectivity index (χ2v) is 14.6. The summed E-state index contributed by atoms with van der Waals surface area (Å²) in [7, 11) is -2.16. The van der Waals surface area contributed by atoms with Crippen molar-refractivity contribution in [1.29, 1.82) is 0 Å². The third-order valence-corrected chi connectivity index (χ3v) is 11.9. The Labute approximate surface area is 269 Å². The van der Waals surface area contributed by atoms with Gasteiger partial charge in [-0.1, -0.05) is 12.5 Å². The Bertz CT molecular complexity index is 1350. The average Bonchev–Trinajstić information content (AvgIpc) is 3.57. The molecule has 1 aromatic carbocycles. The Morgan fingerprint density at radius 2 is 1.73 bits per heavy atom. The SMILES string of the molecule is COc1cc(C)c(S(=O)(=O)N2CCCCC2COCC(=O)N2CCC(OCCCN3CCCC3)(c3cccnc3)CC2)c(C)c1. The van der Waals surface area contributed by atoms with Crippen LogP contribution in [0.15, 0.2) is 41.6 Å². The lowest BCUT2D eigenvalue weighted by molar-refractivity contribution is -0.144. The topological polar surface area (TPSA) is 102 Å². The van der Waals surface area contributed by atoms with Gasteiger partial charge in [-0.25, -0.2) is 8.42 Å². The van der Waals surface area contributed by atoms with E-state index in [1.807, 2.05) is 17.2 Å². The van der Waals surface area contributed by atoms with Gasteiger partial charge >= 0.3 is 0 Å². The number of ether oxygens (including phenoxy) is 3. The van der Waals surface area contributed by atoms with Gasteiger partial charge in [0.15, 0.2) is 0 Å². The summed E-state index contributed by atoms with van der Waals surface area (Å²) >= 11 is 0. The molecule has 248 valence electrons. The zero-order valence-corrected chi connectivity index (χ0v) is 28.0. The molecule has 0 aliphatic carbocycles. The van der Waals surface area contributed by atoms with Crippen molar-refractivity contribution in [1.82, 2.24) is 19.1 Å². The fraction of sp³-hybridized carbons (Fsp3) is 0.647. The molecule has 0 bridgehead atoms. The minimum atomic E-state index is -3.74. The zero-order valence-electron chi connectivity index (χ0n) is 27.2. The van der Waals surface area contributed by atoms with Gasteiger partial charge in [-0.05, 0) is 101 Å². The number of benzene rings is 1. The van der Waals surface area contributed by atoms with Crippen molar-refractivity contribution in [3.8, 4) is 5.75 Å². The van der Waals surface area contributed by atoms with E-state index in [0.717, 1.165) is 31.4 Å². The summed E-state index contributed by atoms with van der Waals surface area (Å²) in [6.45, 7) is 9.42. The van der Waals surface area contributed by atoms with E-state index in [2.05, 4.69) is 16.0 Å². The molecule has 3 fully saturated rings. The maximum absolute atomic E-state index is 13.9. The quantitative estimate of drug-likeness (QED) is 0.299. The Morgan fingerprint density at radius 3 is 2.40 bits per heavy atom. The Hall–Kier alpha value is -2.57. The molecule has 0 radical (unpaired) electrons. The molecular weight excluding hydrogens is 592 g/mol. The number of piperidine rings is 2. The van der Waals surface area contributed by atoms with E-state index in [1.54, 1.807) is 43.6 Å². The standard InChI is InChI=1S/C34H50N4O6S/c1-27-22-31(42-3)23-28(2)33(27)45(40,41)38-18-5-4-11-30(38)25-43-26-32(39)37-19-12-34(13-20-37,29-10-8-14-35-24-29)44-21-9-17-36-15-6-7-16-36/h8,10,14,22-24,30H,4-7,9,11-13,15-21,25-26H2,1-3H3. The monoisotopic (exact) mass is 642 g/mol. The van der Waals surface area contributed by atoms with E-state index < -0.39 is 15.6 Å². The largest absolute Gasteiger partial charge is 0.497 e. The number of likely N-dealkylation sites (tertiary alicyclic amines) is 2. The Balaban J connectivity index is 1.15. The number of hydrogen-bond acceptors (Lipinski definition) is 8. The van der Waals surface area contributed by atoms with Crippen LogP contribution in [0.2, 0.25) is 0 Å². The molecule has 0 spiro atoms. The summed E-state index contributed by atoms with van der Waals surface area (Å²) in [4.78, 5) is 22.3. The second kappa shape index (κ2) is 15.3. The summed E-state index contributed by atoms with van der Waals surface area (Å²) in [6.07, 6.45) is 11.1. The normalized spacial score (nSPS) is 21.2. The van der Waals surface area contributed by atoms with E-state index in [9.17, 15) is 13.2 Å². The van der Waals surface area contributed by atoms with Crippen molar-refractivity contribution in [2.45, 2.75) is 81.8 Å². The molecule has 3 aliphatic heterocycles. The van der Waals surface area contributed by atoms with Crippen LogP contribution >= 0.6 is 0 Å². The van der Waals surface area contributed by atoms with Crippen LogP contribution in [0.1, 0.15) is 68.1 Å². The van der Waals surface area contributed by atoms with E-state index in [1.165, 1.54) is 25.9 Å². The molecule has 3 saturated heterocycles. The molecule has 1 amide bonds. The summed E-state index contributed by atoms with van der Waals surface area (Å²) in [5, 5.41) is 0. The number of amides is 1. The van der Waals surface area contributed by atoms with Crippen LogP contribution in [0.3, 0.4) is 0 Å². The Morgan fingerprint density at radius 1 is 1.02 bits per heavy atom. The van der Waals surface area contributed by atoms with Crippen LogP contribution in [-0.4, -0.2) is 106 Å². The molecule has 2 aromatic rings. The van der Waals surface area contributed by atoms with Crippen LogP contribution in [0.4, 0.5) is 0 Å². The Kier molecular flexibility index (Phi) is 11.5. The molecule has 1 unspecified atom stereocenters. The van der Waals surface area contributed by atoms with Gasteiger partial charge in [0.25, 0.3) is 0 Å². The summed E-state index contributed by atoms with van der Waals surface area (Å²) in [6, 6.07) is 7.23. The van der Waals surface area contributed by atoms with Gasteiger partial charge in [0.2, 0.25) is 15.9 Å². The van der Waals surface area contributed by atoms with E-state index >= 15 is 0 Å². The van der Waals surface area contributed by atoms with E-state index in [4.69, 9.17) is 14.2 Å². The smallest absolute Gasteiger partial charge is 0.248 e. The predicted octanol–water partition coefficient (Wildman–Crippen LogP) is 4.29. The maximum atomic E-state index is 13.9. The number of hydrogen-bond donors (Lipinski definition) is 0. The molecule has 5 rings (SSSR count). The highest BCUT2D eigenvalue weighted by molar-refractivity contribution is 7.89. The fourth-order valence-electron chi connectivity index (χ4n) is 7.21. The number of sulfonamides is 1. The van der Waals surface area contributed by atoms with Crippen molar-refractivity contribution < 1.29 is 27.4 Å². The second-order valence-electron chi connectivity index (χ2n) is 12.7. The van der Waals surface area contributed by atoms with E-state index in [-0.39, 0.29) is 25.2 Å². The number of pyridine rings is 1. The third kappa shape index (κ3) is 8.05. The van der Waals surface area contributed by atoms with Crippen LogP contribution in [-0.2, 0) is 29.9 Å². The molecule has 10 nitrogen and oxygen atoms in total. The predicted molar refractivity (Wildman–Crippen MR) is 173 cm³/mol. The molecule has 1 atom stereocenters. The first-order chi connectivity index (χ1) is 21.7. The number of carbonyl (C=O) groups excluding carboxylic acids is 1. The molecule has 45 heavy (non-hydrogen) atoms. The first-order valence-corrected chi connectivity index (χ1v) is 18.0. The van der Waals surface area contributed by atoms with Crippen LogP contribution < -0.4 is 4.74 Å². The molecular formula is C34H50N4O6S. The number of carbonyl (C=O) groups is 1. The number of aryl methyl sites for hydroxylation is 2. The first kappa shape index (κ1) is 33.8. The van der Waals surface area contributed by atoms with Crippen LogP contribution in [0.25, 0.3) is 0 Å². The summed E-state index contributed by atoms with van der Waals surface area (Å²) in [5.74, 6) is 0.566. The minimum Gasteiger partial charge on any atom is -0.497 e. The van der Waals surface area contributed by atoms with E-state index in [0.29, 0.717) is 67.3 Å². The number of nitrogens with zero attached hydrogens (tertiary/aromatic N) is 4. The number of aromatic nitrogens is 1. The minimum absolute atomic E-state index is 0.0679. The van der Waals surface area contributed by atoms with Crippen molar-refractivity contribution >= 4 is 15.9 Å². The number of rotatable bonds is 13. The lowest BCUT2D eigenvalue weighted by atomic mass is 9.85. The van der Waals surface area contributed by atoms with Gasteiger partial charge in [-0.2, -0.15) is 4.31 Å². The zero-order chi connectivity index (χ0) is 31.9. The maximum Gasteiger partial charge on any atom is 0.248 e. The lowest BCUT2D eigenvalue weighted by Crippen LogP contribution is -2.49. The van der Waals surface area contributed by atoms with Crippen molar-refractivity contribution in [3.63, 3.8) is 0 Å². The van der Waals surface area contributed by atoms with Gasteiger partial charge in [-0.15, -0.1) is 0 Å². The molecule has 3 aliphatic rings. The summed E-state index contributed by atoms with van der Waals surface area (Å²) in [5.41, 5.74) is 1.94. The molecule has 1 aromatic heterocycles. The highest BCUT2D eigenvalue weighted by Crippen LogP contribution is 2.37. The highest BCUT2D eigenvalue weighted by atomic mass is 32.2. The molecule has 0 saturated carbocycles. The van der Waals surface area contributed by atoms with Crippen molar-refractivity contribution in [2.75, 3.05) is 66.2 Å². The fourth-order valence-corrected chi connectivity index (χ4v) is 9.31. The third-order valence-electron chi connectivity index (χ3n) is 9.65. The van der Waals surface area contributed by atoms with Crippen LogP contribution in [0, 0.1) is 13.8 Å². The molecule has 11 heteroatoms. The highest BCUT2D eigenvalue weighted by Gasteiger charge is 2.39. The molecule has 0 N–H and O–H groups in total. The first-order valence-electron chi connectivity index (χ1n) is 16.5. The molecule has 4 heterocycles. The van der Waals surface area contributed by atoms with Gasteiger partial charge in [0, 0.05) is 56.8 Å². The van der Waals surface area contributed by atoms with Gasteiger partial charge in [0.05, 0.1) is 24.2 Å². The van der Waals surface area contributed by atoms with Gasteiger partial charge in [0.1, 0.15) is 12.4 Å². The van der Waals surface area contributed by atoms with Crippen molar-refractivity contribution in [2.24, 2.45) is 0 Å². The number of methoxy groups -OCH3 is 1. The van der Waals surface area contributed by atoms with Crippen molar-refractivity contribution in [3.05, 3.63) is 53.3 Å². The van der Waals surface area contributed by atoms with Gasteiger partial charge in [-0.3, -0.25) is 9.78 Å².